The summed E-state index contributed by atoms with van der Waals surface area (Å²) in [6.45, 7) is 8.96. The summed E-state index contributed by atoms with van der Waals surface area (Å²) >= 11 is 1.50. The van der Waals surface area contributed by atoms with Crippen LogP contribution in [0, 0.1) is 0 Å². The number of hydrogen-bond donors (Lipinski definition) is 1. The van der Waals surface area contributed by atoms with E-state index in [-0.39, 0.29) is 18.1 Å². The van der Waals surface area contributed by atoms with Gasteiger partial charge >= 0.3 is 0 Å². The lowest BCUT2D eigenvalue weighted by Crippen LogP contribution is -2.44. The van der Waals surface area contributed by atoms with Crippen molar-refractivity contribution >= 4 is 22.4 Å². The van der Waals surface area contributed by atoms with Crippen LogP contribution < -0.4 is 5.32 Å². The lowest BCUT2D eigenvalue weighted by atomic mass is 10.2. The molecule has 1 aliphatic rings. The van der Waals surface area contributed by atoms with E-state index >= 15 is 0 Å². The number of morpholine rings is 1. The monoisotopic (exact) mass is 311 g/mol. The first kappa shape index (κ1) is 16.4. The molecule has 1 aromatic heterocycles. The van der Waals surface area contributed by atoms with Gasteiger partial charge in [0.2, 0.25) is 5.91 Å². The molecule has 5 nitrogen and oxygen atoms in total. The summed E-state index contributed by atoms with van der Waals surface area (Å²) in [4.78, 5) is 18.5. The first-order valence-corrected chi connectivity index (χ1v) is 8.56. The van der Waals surface area contributed by atoms with E-state index < -0.39 is 0 Å². The van der Waals surface area contributed by atoms with Crippen LogP contribution in [0.1, 0.15) is 45.7 Å². The Bertz CT molecular complexity index is 454. The van der Waals surface area contributed by atoms with E-state index in [4.69, 9.17) is 4.74 Å². The Balaban J connectivity index is 1.83. The maximum absolute atomic E-state index is 11.7. The van der Waals surface area contributed by atoms with Crippen LogP contribution in [0.3, 0.4) is 0 Å². The van der Waals surface area contributed by atoms with Gasteiger partial charge < -0.3 is 10.1 Å². The van der Waals surface area contributed by atoms with Crippen molar-refractivity contribution in [1.29, 1.82) is 0 Å². The molecule has 2 rings (SSSR count). The number of nitrogens with one attached hydrogen (secondary N) is 1. The molecule has 1 N–H and O–H groups in total. The molecule has 1 amide bonds. The molecule has 2 unspecified atom stereocenters. The van der Waals surface area contributed by atoms with Crippen molar-refractivity contribution in [2.45, 2.75) is 58.8 Å². The molecule has 2 atom stereocenters. The summed E-state index contributed by atoms with van der Waals surface area (Å²) in [5.41, 5.74) is 1.02. The third-order valence-corrected chi connectivity index (χ3v) is 4.24. The van der Waals surface area contributed by atoms with Crippen molar-refractivity contribution in [3.05, 3.63) is 11.1 Å². The Hall–Kier alpha value is -0.980. The minimum Gasteiger partial charge on any atom is -0.373 e. The second kappa shape index (κ2) is 7.87. The second-order valence-corrected chi connectivity index (χ2v) is 6.61. The van der Waals surface area contributed by atoms with Crippen LogP contribution in [-0.4, -0.2) is 41.1 Å². The van der Waals surface area contributed by atoms with Gasteiger partial charge in [0.1, 0.15) is 0 Å². The molecule has 118 valence electrons. The quantitative estimate of drug-likeness (QED) is 0.877. The lowest BCUT2D eigenvalue weighted by molar-refractivity contribution is -0.116. The number of unbranched alkanes of at least 4 members (excludes halogenated alkanes) is 1. The zero-order chi connectivity index (χ0) is 15.2. The van der Waals surface area contributed by atoms with Crippen LogP contribution in [-0.2, 0) is 16.1 Å². The van der Waals surface area contributed by atoms with Gasteiger partial charge in [-0.05, 0) is 20.3 Å². The van der Waals surface area contributed by atoms with E-state index in [9.17, 15) is 4.79 Å². The highest BCUT2D eigenvalue weighted by Gasteiger charge is 2.22. The molecule has 1 fully saturated rings. The number of ether oxygens (including phenoxy) is 1. The molecule has 21 heavy (non-hydrogen) atoms. The Morgan fingerprint density at radius 1 is 1.48 bits per heavy atom. The van der Waals surface area contributed by atoms with Crippen molar-refractivity contribution in [2.24, 2.45) is 0 Å². The van der Waals surface area contributed by atoms with Crippen LogP contribution in [0.25, 0.3) is 0 Å². The summed E-state index contributed by atoms with van der Waals surface area (Å²) in [5.74, 6) is 0.0615. The van der Waals surface area contributed by atoms with Crippen LogP contribution >= 0.6 is 11.3 Å². The molecule has 6 heteroatoms. The van der Waals surface area contributed by atoms with Crippen molar-refractivity contribution in [1.82, 2.24) is 9.88 Å². The van der Waals surface area contributed by atoms with Crippen LogP contribution in [0.5, 0.6) is 0 Å². The standard InChI is InChI=1S/C15H25N3O2S/c1-4-5-6-14(19)17-15-16-13(10-21-15)9-18-7-11(2)20-12(3)8-18/h10-12H,4-9H2,1-3H3,(H,16,17,19). The number of carbonyl (C=O) groups is 1. The third-order valence-electron chi connectivity index (χ3n) is 3.44. The van der Waals surface area contributed by atoms with Crippen LogP contribution in [0.15, 0.2) is 5.38 Å². The first-order chi connectivity index (χ1) is 10.1. The van der Waals surface area contributed by atoms with E-state index in [1.165, 1.54) is 11.3 Å². The fraction of sp³-hybridized carbons (Fsp3) is 0.733. The van der Waals surface area contributed by atoms with Crippen molar-refractivity contribution < 1.29 is 9.53 Å². The zero-order valence-corrected chi connectivity index (χ0v) is 13.9. The highest BCUT2D eigenvalue weighted by Crippen LogP contribution is 2.19. The largest absolute Gasteiger partial charge is 0.373 e. The molecule has 0 radical (unpaired) electrons. The number of carbonyl (C=O) groups excluding carboxylic acids is 1. The molecule has 0 aliphatic carbocycles. The Morgan fingerprint density at radius 3 is 2.86 bits per heavy atom. The molecule has 1 saturated heterocycles. The van der Waals surface area contributed by atoms with E-state index in [2.05, 4.69) is 36.0 Å². The molecule has 0 spiro atoms. The van der Waals surface area contributed by atoms with E-state index in [1.54, 1.807) is 0 Å². The normalized spacial score (nSPS) is 23.2. The predicted octanol–water partition coefficient (Wildman–Crippen LogP) is 2.88. The summed E-state index contributed by atoms with van der Waals surface area (Å²) < 4.78 is 5.73. The molecule has 1 aliphatic heterocycles. The fourth-order valence-corrected chi connectivity index (χ4v) is 3.32. The average Bonchev–Trinajstić information content (AvgIpc) is 2.82. The van der Waals surface area contributed by atoms with Gasteiger partial charge in [0.25, 0.3) is 0 Å². The van der Waals surface area contributed by atoms with Crippen molar-refractivity contribution in [2.75, 3.05) is 18.4 Å². The van der Waals surface area contributed by atoms with Gasteiger partial charge in [-0.1, -0.05) is 13.3 Å². The fourth-order valence-electron chi connectivity index (χ4n) is 2.60. The Kier molecular flexibility index (Phi) is 6.14. The van der Waals surface area contributed by atoms with E-state index in [0.29, 0.717) is 11.6 Å². The molecule has 0 saturated carbocycles. The summed E-state index contributed by atoms with van der Waals surface area (Å²) in [7, 11) is 0. The molecule has 2 heterocycles. The van der Waals surface area contributed by atoms with Crippen molar-refractivity contribution in [3.8, 4) is 0 Å². The average molecular weight is 311 g/mol. The van der Waals surface area contributed by atoms with Gasteiger partial charge in [-0.3, -0.25) is 9.69 Å². The molecule has 1 aromatic rings. The number of aromatic nitrogens is 1. The van der Waals surface area contributed by atoms with Crippen LogP contribution in [0.4, 0.5) is 5.13 Å². The number of rotatable bonds is 6. The smallest absolute Gasteiger partial charge is 0.226 e. The van der Waals surface area contributed by atoms with E-state index in [1.807, 2.05) is 5.38 Å². The minimum atomic E-state index is 0.0615. The number of hydrogen-bond acceptors (Lipinski definition) is 5. The van der Waals surface area contributed by atoms with Crippen LogP contribution in [0.2, 0.25) is 0 Å². The highest BCUT2D eigenvalue weighted by atomic mass is 32.1. The van der Waals surface area contributed by atoms with E-state index in [0.717, 1.165) is 38.2 Å². The molecular weight excluding hydrogens is 286 g/mol. The summed E-state index contributed by atoms with van der Waals surface area (Å²) in [5, 5.41) is 5.61. The van der Waals surface area contributed by atoms with Gasteiger partial charge in [-0.2, -0.15) is 0 Å². The van der Waals surface area contributed by atoms with Gasteiger partial charge in [0.15, 0.2) is 5.13 Å². The lowest BCUT2D eigenvalue weighted by Gasteiger charge is -2.34. The molecule has 0 bridgehead atoms. The maximum Gasteiger partial charge on any atom is 0.226 e. The van der Waals surface area contributed by atoms with Gasteiger partial charge in [-0.15, -0.1) is 11.3 Å². The molecular formula is C15H25N3O2S. The predicted molar refractivity (Wildman–Crippen MR) is 85.6 cm³/mol. The number of anilines is 1. The summed E-state index contributed by atoms with van der Waals surface area (Å²) in [6.07, 6.45) is 3.06. The first-order valence-electron chi connectivity index (χ1n) is 7.69. The second-order valence-electron chi connectivity index (χ2n) is 5.75. The minimum absolute atomic E-state index is 0.0615. The summed E-state index contributed by atoms with van der Waals surface area (Å²) in [6, 6.07) is 0. The Morgan fingerprint density at radius 2 is 2.19 bits per heavy atom. The van der Waals surface area contributed by atoms with Gasteiger partial charge in [0.05, 0.1) is 17.9 Å². The molecule has 0 aromatic carbocycles. The maximum atomic E-state index is 11.7. The number of amides is 1. The van der Waals surface area contributed by atoms with Crippen molar-refractivity contribution in [3.63, 3.8) is 0 Å². The van der Waals surface area contributed by atoms with Gasteiger partial charge in [-0.25, -0.2) is 4.98 Å². The topological polar surface area (TPSA) is 54.5 Å². The highest BCUT2D eigenvalue weighted by molar-refractivity contribution is 7.13. The zero-order valence-electron chi connectivity index (χ0n) is 13.1. The number of nitrogens with zero attached hydrogens (tertiary/aromatic N) is 2. The Labute approximate surface area is 130 Å². The third kappa shape index (κ3) is 5.37. The SMILES string of the molecule is CCCCC(=O)Nc1nc(CN2CC(C)OC(C)C2)cs1. The number of thiazole rings is 1. The van der Waals surface area contributed by atoms with Gasteiger partial charge in [0, 0.05) is 31.4 Å².